The molecule has 1 fully saturated rings. The maximum absolute atomic E-state index is 11.6. The summed E-state index contributed by atoms with van der Waals surface area (Å²) < 4.78 is 2.32. The molecule has 1 aliphatic heterocycles. The van der Waals surface area contributed by atoms with Gasteiger partial charge in [-0.3, -0.25) is 9.78 Å². The van der Waals surface area contributed by atoms with Gasteiger partial charge in [-0.1, -0.05) is 6.07 Å². The molecule has 4 aromatic rings. The smallest absolute Gasteiger partial charge is 0.221 e. The first kappa shape index (κ1) is 27.4. The summed E-state index contributed by atoms with van der Waals surface area (Å²) >= 11 is 5.92. The molecule has 7 nitrogen and oxygen atoms in total. The number of carbonyl (C=O) groups is 1. The lowest BCUT2D eigenvalue weighted by molar-refractivity contribution is -0.114. The number of benzene rings is 2. The van der Waals surface area contributed by atoms with Gasteiger partial charge in [0.2, 0.25) is 5.91 Å². The number of anilines is 3. The zero-order valence-electron chi connectivity index (χ0n) is 23.7. The quantitative estimate of drug-likeness (QED) is 0.244. The molecule has 2 N–H and O–H groups in total. The molecule has 3 heterocycles. The standard InChI is InChI=1S/C32H36N6OS/c1-6-36(7-2)25-15-17-26(18-16-25)37-21(3)20-28(22(37)4)31-30(29-10-8-9-19-33-29)35-32(40)38(31)27-13-11-24(12-14-27)34-23(5)39/h8-20,30-31H,6-7H2,1-5H3,(H,34,39)(H,35,40). The number of amides is 1. The van der Waals surface area contributed by atoms with Crippen molar-refractivity contribution in [2.45, 2.75) is 46.7 Å². The SMILES string of the molecule is CCN(CC)c1ccc(-n2c(C)cc(C3C(c4ccccn4)NC(=S)N3c3ccc(NC(C)=O)cc3)c2C)cc1. The number of nitrogens with one attached hydrogen (secondary N) is 2. The molecule has 206 valence electrons. The van der Waals surface area contributed by atoms with Crippen LogP contribution in [0.4, 0.5) is 17.1 Å². The molecule has 0 aliphatic carbocycles. The summed E-state index contributed by atoms with van der Waals surface area (Å²) in [4.78, 5) is 20.8. The van der Waals surface area contributed by atoms with Crippen LogP contribution in [0.1, 0.15) is 55.5 Å². The van der Waals surface area contributed by atoms with Gasteiger partial charge in [-0.15, -0.1) is 0 Å². The largest absolute Gasteiger partial charge is 0.372 e. The Balaban J connectivity index is 1.58. The third-order valence-corrected chi connectivity index (χ3v) is 7.90. The minimum Gasteiger partial charge on any atom is -0.372 e. The van der Waals surface area contributed by atoms with E-state index >= 15 is 0 Å². The van der Waals surface area contributed by atoms with Crippen LogP contribution < -0.4 is 20.4 Å². The van der Waals surface area contributed by atoms with Crippen molar-refractivity contribution in [3.05, 3.63) is 102 Å². The van der Waals surface area contributed by atoms with E-state index in [1.165, 1.54) is 18.2 Å². The normalized spacial score (nSPS) is 16.6. The first-order valence-corrected chi connectivity index (χ1v) is 14.2. The molecule has 0 radical (unpaired) electrons. The number of nitrogens with zero attached hydrogens (tertiary/aromatic N) is 4. The van der Waals surface area contributed by atoms with Crippen LogP contribution in [0.2, 0.25) is 0 Å². The minimum absolute atomic E-state index is 0.100. The number of aryl methyl sites for hydroxylation is 1. The van der Waals surface area contributed by atoms with Crippen LogP contribution >= 0.6 is 12.2 Å². The Morgan fingerprint density at radius 2 is 1.68 bits per heavy atom. The van der Waals surface area contributed by atoms with E-state index in [-0.39, 0.29) is 18.0 Å². The number of carbonyl (C=O) groups excluding carboxylic acids is 1. The van der Waals surface area contributed by atoms with Crippen molar-refractivity contribution in [3.63, 3.8) is 0 Å². The van der Waals surface area contributed by atoms with Gasteiger partial charge in [-0.25, -0.2) is 0 Å². The molecular weight excluding hydrogens is 516 g/mol. The van der Waals surface area contributed by atoms with Crippen LogP contribution in [0.3, 0.4) is 0 Å². The predicted molar refractivity (Wildman–Crippen MR) is 167 cm³/mol. The molecule has 1 amide bonds. The van der Waals surface area contributed by atoms with Gasteiger partial charge in [-0.05, 0) is 112 Å². The molecule has 1 aliphatic rings. The molecule has 40 heavy (non-hydrogen) atoms. The topological polar surface area (TPSA) is 65.4 Å². The fourth-order valence-electron chi connectivity index (χ4n) is 5.74. The van der Waals surface area contributed by atoms with Gasteiger partial charge in [-0.2, -0.15) is 0 Å². The highest BCUT2D eigenvalue weighted by atomic mass is 32.1. The summed E-state index contributed by atoms with van der Waals surface area (Å²) in [7, 11) is 0. The molecule has 2 aromatic carbocycles. The maximum Gasteiger partial charge on any atom is 0.221 e. The van der Waals surface area contributed by atoms with Gasteiger partial charge in [0.25, 0.3) is 0 Å². The average Bonchev–Trinajstić information content (AvgIpc) is 3.45. The van der Waals surface area contributed by atoms with E-state index in [0.29, 0.717) is 5.11 Å². The van der Waals surface area contributed by atoms with Crippen LogP contribution in [0.15, 0.2) is 79.0 Å². The highest BCUT2D eigenvalue weighted by Crippen LogP contribution is 2.44. The number of hydrogen-bond acceptors (Lipinski definition) is 4. The number of thiocarbonyl (C=S) groups is 1. The molecule has 0 spiro atoms. The zero-order valence-corrected chi connectivity index (χ0v) is 24.5. The van der Waals surface area contributed by atoms with Crippen LogP contribution in [0.5, 0.6) is 0 Å². The Morgan fingerprint density at radius 3 is 2.27 bits per heavy atom. The van der Waals surface area contributed by atoms with E-state index < -0.39 is 0 Å². The minimum atomic E-state index is -0.136. The second-order valence-electron chi connectivity index (χ2n) is 10.1. The van der Waals surface area contributed by atoms with Crippen molar-refractivity contribution >= 4 is 40.3 Å². The van der Waals surface area contributed by atoms with Crippen molar-refractivity contribution in [1.29, 1.82) is 0 Å². The van der Waals surface area contributed by atoms with Crippen LogP contribution in [-0.4, -0.2) is 33.7 Å². The van der Waals surface area contributed by atoms with E-state index in [1.54, 1.807) is 0 Å². The highest BCUT2D eigenvalue weighted by Gasteiger charge is 2.42. The third-order valence-electron chi connectivity index (χ3n) is 7.59. The van der Waals surface area contributed by atoms with E-state index in [4.69, 9.17) is 17.2 Å². The van der Waals surface area contributed by atoms with E-state index in [2.05, 4.69) is 83.0 Å². The molecule has 0 saturated carbocycles. The van der Waals surface area contributed by atoms with Crippen molar-refractivity contribution in [3.8, 4) is 5.69 Å². The van der Waals surface area contributed by atoms with Gasteiger partial charge in [0.05, 0.1) is 17.8 Å². The third kappa shape index (κ3) is 5.19. The first-order valence-electron chi connectivity index (χ1n) is 13.7. The highest BCUT2D eigenvalue weighted by molar-refractivity contribution is 7.80. The van der Waals surface area contributed by atoms with E-state index in [1.807, 2.05) is 48.7 Å². The summed E-state index contributed by atoms with van der Waals surface area (Å²) in [5, 5.41) is 7.04. The molecule has 5 rings (SSSR count). The monoisotopic (exact) mass is 552 g/mol. The van der Waals surface area contributed by atoms with Crippen LogP contribution in [0, 0.1) is 13.8 Å². The second-order valence-corrected chi connectivity index (χ2v) is 10.5. The van der Waals surface area contributed by atoms with Gasteiger partial charge in [0.15, 0.2) is 5.11 Å². The lowest BCUT2D eigenvalue weighted by Crippen LogP contribution is -2.29. The van der Waals surface area contributed by atoms with Gasteiger partial charge >= 0.3 is 0 Å². The number of aromatic nitrogens is 2. The Bertz CT molecular complexity index is 1490. The Kier molecular flexibility index (Phi) is 7.89. The van der Waals surface area contributed by atoms with Crippen molar-refractivity contribution in [2.75, 3.05) is 28.2 Å². The zero-order chi connectivity index (χ0) is 28.4. The summed E-state index contributed by atoms with van der Waals surface area (Å²) in [5.74, 6) is -0.100. The fourth-order valence-corrected chi connectivity index (χ4v) is 6.09. The van der Waals surface area contributed by atoms with Gasteiger partial charge in [0.1, 0.15) is 0 Å². The van der Waals surface area contributed by atoms with E-state index in [9.17, 15) is 4.79 Å². The van der Waals surface area contributed by atoms with Gasteiger partial charge < -0.3 is 25.0 Å². The number of rotatable bonds is 8. The predicted octanol–water partition coefficient (Wildman–Crippen LogP) is 6.47. The molecule has 1 saturated heterocycles. The first-order chi connectivity index (χ1) is 19.3. The lowest BCUT2D eigenvalue weighted by atomic mass is 9.96. The molecule has 0 bridgehead atoms. The summed E-state index contributed by atoms with van der Waals surface area (Å²) in [6, 6.07) is 24.6. The Hall–Kier alpha value is -4.17. The molecule has 2 unspecified atom stereocenters. The average molecular weight is 553 g/mol. The molecule has 2 atom stereocenters. The summed E-state index contributed by atoms with van der Waals surface area (Å²) in [6.07, 6.45) is 1.82. The van der Waals surface area contributed by atoms with Crippen molar-refractivity contribution < 1.29 is 4.79 Å². The fraction of sp³-hybridized carbons (Fsp3) is 0.281. The summed E-state index contributed by atoms with van der Waals surface area (Å²) in [6.45, 7) is 12.2. The maximum atomic E-state index is 11.6. The van der Waals surface area contributed by atoms with Gasteiger partial charge in [0, 0.05) is 60.3 Å². The lowest BCUT2D eigenvalue weighted by Gasteiger charge is -2.28. The molecule has 8 heteroatoms. The molecular formula is C32H36N6OS. The molecule has 2 aromatic heterocycles. The van der Waals surface area contributed by atoms with E-state index in [0.717, 1.165) is 47.2 Å². The number of pyridine rings is 1. The summed E-state index contributed by atoms with van der Waals surface area (Å²) in [5.41, 5.74) is 8.48. The van der Waals surface area contributed by atoms with Crippen LogP contribution in [0.25, 0.3) is 5.69 Å². The number of hydrogen-bond donors (Lipinski definition) is 2. The second kappa shape index (κ2) is 11.5. The van der Waals surface area contributed by atoms with Crippen molar-refractivity contribution in [2.24, 2.45) is 0 Å². The Labute approximate surface area is 241 Å². The van der Waals surface area contributed by atoms with Crippen LogP contribution in [-0.2, 0) is 4.79 Å². The van der Waals surface area contributed by atoms with Crippen molar-refractivity contribution in [1.82, 2.24) is 14.9 Å². The Morgan fingerprint density at radius 1 is 1.00 bits per heavy atom.